The molecule has 0 heterocycles. The van der Waals surface area contributed by atoms with Crippen LogP contribution in [0.4, 0.5) is 0 Å². The van der Waals surface area contributed by atoms with E-state index in [4.69, 9.17) is 8.85 Å². The highest BCUT2D eigenvalue weighted by Gasteiger charge is 2.51. The lowest BCUT2D eigenvalue weighted by molar-refractivity contribution is -0.0248. The monoisotopic (exact) mass is 424 g/mol. The van der Waals surface area contributed by atoms with Crippen molar-refractivity contribution in [2.24, 2.45) is 5.92 Å². The minimum absolute atomic E-state index is 0.0266. The molecule has 0 spiro atoms. The minimum Gasteiger partial charge on any atom is -0.392 e. The third-order valence-corrected chi connectivity index (χ3v) is 12.2. The Kier molecular flexibility index (Phi) is 11.3. The predicted octanol–water partition coefficient (Wildman–Crippen LogP) is 8.92. The van der Waals surface area contributed by atoms with Crippen molar-refractivity contribution in [1.29, 1.82) is 0 Å². The van der Waals surface area contributed by atoms with Gasteiger partial charge in [-0.15, -0.1) is 0 Å². The number of rotatable bonds is 13. The average Bonchev–Trinajstić information content (AvgIpc) is 2.71. The topological polar surface area (TPSA) is 18.5 Å². The average molecular weight is 425 g/mol. The van der Waals surface area contributed by atoms with Gasteiger partial charge in [-0.05, 0) is 65.3 Å². The maximum Gasteiger partial charge on any atom is 0.342 e. The molecule has 172 valence electrons. The van der Waals surface area contributed by atoms with Crippen LogP contribution in [0.25, 0.3) is 0 Å². The van der Waals surface area contributed by atoms with Gasteiger partial charge in [0.25, 0.3) is 0 Å². The van der Waals surface area contributed by atoms with Gasteiger partial charge in [-0.25, -0.2) is 0 Å². The van der Waals surface area contributed by atoms with Gasteiger partial charge in [-0.2, -0.15) is 0 Å². The molecule has 2 aliphatic carbocycles. The fourth-order valence-electron chi connectivity index (χ4n) is 5.94. The summed E-state index contributed by atoms with van der Waals surface area (Å²) in [5.41, 5.74) is 0.679. The first kappa shape index (κ1) is 25.4. The normalized spacial score (nSPS) is 22.1. The first-order valence-electron chi connectivity index (χ1n) is 13.3. The summed E-state index contributed by atoms with van der Waals surface area (Å²) in [6, 6.07) is 1.22. The van der Waals surface area contributed by atoms with E-state index in [0.717, 1.165) is 0 Å². The minimum atomic E-state index is -2.25. The zero-order valence-electron chi connectivity index (χ0n) is 20.6. The van der Waals surface area contributed by atoms with Crippen LogP contribution in [0.2, 0.25) is 11.6 Å². The van der Waals surface area contributed by atoms with E-state index in [1.54, 1.807) is 0 Å². The molecule has 1 unspecified atom stereocenters. The molecule has 3 heteroatoms. The smallest absolute Gasteiger partial charge is 0.342 e. The molecule has 0 bridgehead atoms. The molecule has 0 saturated heterocycles. The van der Waals surface area contributed by atoms with Gasteiger partial charge in [0.2, 0.25) is 0 Å². The van der Waals surface area contributed by atoms with Crippen LogP contribution in [0, 0.1) is 5.92 Å². The summed E-state index contributed by atoms with van der Waals surface area (Å²) in [7, 11) is -2.25. The molecule has 29 heavy (non-hydrogen) atoms. The van der Waals surface area contributed by atoms with E-state index >= 15 is 0 Å². The highest BCUT2D eigenvalue weighted by atomic mass is 28.4. The summed E-state index contributed by atoms with van der Waals surface area (Å²) in [6.07, 6.45) is 22.2. The van der Waals surface area contributed by atoms with E-state index in [-0.39, 0.29) is 11.7 Å². The Morgan fingerprint density at radius 1 is 0.793 bits per heavy atom. The van der Waals surface area contributed by atoms with Crippen LogP contribution in [-0.4, -0.2) is 20.3 Å². The molecule has 2 nitrogen and oxygen atoms in total. The second-order valence-electron chi connectivity index (χ2n) is 10.9. The van der Waals surface area contributed by atoms with Gasteiger partial charge in [0.15, 0.2) is 0 Å². The van der Waals surface area contributed by atoms with Crippen LogP contribution in [0.1, 0.15) is 137 Å². The third-order valence-electron chi connectivity index (χ3n) is 7.57. The van der Waals surface area contributed by atoms with Crippen molar-refractivity contribution in [1.82, 2.24) is 0 Å². The van der Waals surface area contributed by atoms with Crippen LogP contribution in [-0.2, 0) is 8.85 Å². The van der Waals surface area contributed by atoms with Crippen LogP contribution in [0.5, 0.6) is 0 Å². The van der Waals surface area contributed by atoms with Gasteiger partial charge >= 0.3 is 8.56 Å². The van der Waals surface area contributed by atoms with E-state index in [9.17, 15) is 0 Å². The SMILES string of the molecule is CCCCCCCC[Si](OC(C)C)(OC(C)(C)C1CCCCC1)C1CCCCC1. The van der Waals surface area contributed by atoms with E-state index in [2.05, 4.69) is 34.6 Å². The molecular formula is C26H52O2Si. The molecule has 0 aromatic carbocycles. The fraction of sp³-hybridized carbons (Fsp3) is 1.00. The molecule has 1 atom stereocenters. The summed E-state index contributed by atoms with van der Waals surface area (Å²) in [5, 5.41) is 0. The maximum atomic E-state index is 7.36. The van der Waals surface area contributed by atoms with Crippen LogP contribution >= 0.6 is 0 Å². The largest absolute Gasteiger partial charge is 0.392 e. The standard InChI is InChI=1S/C26H52O2Si/c1-6-7-8-9-10-17-22-29(27-23(2)3,25-20-15-12-16-21-25)28-26(4,5)24-18-13-11-14-19-24/h23-25H,6-22H2,1-5H3. The van der Waals surface area contributed by atoms with Crippen molar-refractivity contribution >= 4 is 8.56 Å². The van der Waals surface area contributed by atoms with Crippen molar-refractivity contribution < 1.29 is 8.85 Å². The molecule has 0 radical (unpaired) electrons. The van der Waals surface area contributed by atoms with Crippen molar-refractivity contribution in [3.63, 3.8) is 0 Å². The molecule has 0 N–H and O–H groups in total. The summed E-state index contributed by atoms with van der Waals surface area (Å²) in [4.78, 5) is 0. The van der Waals surface area contributed by atoms with Gasteiger partial charge in [-0.3, -0.25) is 0 Å². The lowest BCUT2D eigenvalue weighted by Crippen LogP contribution is -2.55. The van der Waals surface area contributed by atoms with Gasteiger partial charge < -0.3 is 8.85 Å². The second-order valence-corrected chi connectivity index (χ2v) is 14.3. The first-order valence-corrected chi connectivity index (χ1v) is 15.4. The van der Waals surface area contributed by atoms with Crippen molar-refractivity contribution in [3.05, 3.63) is 0 Å². The Morgan fingerprint density at radius 2 is 1.34 bits per heavy atom. The molecule has 2 saturated carbocycles. The van der Waals surface area contributed by atoms with E-state index in [1.165, 1.54) is 109 Å². The molecule has 2 fully saturated rings. The molecule has 0 aromatic rings. The number of hydrogen-bond acceptors (Lipinski definition) is 2. The zero-order valence-corrected chi connectivity index (χ0v) is 21.6. The summed E-state index contributed by atoms with van der Waals surface area (Å²) < 4.78 is 14.3. The van der Waals surface area contributed by atoms with Gasteiger partial charge in [-0.1, -0.05) is 84.0 Å². The lowest BCUT2D eigenvalue weighted by Gasteiger charge is -2.48. The highest BCUT2D eigenvalue weighted by Crippen LogP contribution is 2.46. The molecule has 2 aliphatic rings. The second kappa shape index (κ2) is 12.9. The summed E-state index contributed by atoms with van der Waals surface area (Å²) >= 11 is 0. The highest BCUT2D eigenvalue weighted by molar-refractivity contribution is 6.69. The molecule has 0 amide bonds. The Labute approximate surface area is 184 Å². The fourth-order valence-corrected chi connectivity index (χ4v) is 10.9. The number of hydrogen-bond donors (Lipinski definition) is 0. The van der Waals surface area contributed by atoms with Gasteiger partial charge in [0.1, 0.15) is 0 Å². The zero-order chi connectivity index (χ0) is 21.2. The van der Waals surface area contributed by atoms with Crippen molar-refractivity contribution in [3.8, 4) is 0 Å². The first-order chi connectivity index (χ1) is 13.9. The van der Waals surface area contributed by atoms with Crippen LogP contribution < -0.4 is 0 Å². The van der Waals surface area contributed by atoms with Crippen molar-refractivity contribution in [2.45, 2.75) is 161 Å². The lowest BCUT2D eigenvalue weighted by atomic mass is 9.79. The Morgan fingerprint density at radius 3 is 1.93 bits per heavy atom. The molecule has 0 aliphatic heterocycles. The van der Waals surface area contributed by atoms with E-state index in [0.29, 0.717) is 11.5 Å². The predicted molar refractivity (Wildman–Crippen MR) is 129 cm³/mol. The van der Waals surface area contributed by atoms with Crippen LogP contribution in [0.3, 0.4) is 0 Å². The van der Waals surface area contributed by atoms with Crippen molar-refractivity contribution in [2.75, 3.05) is 0 Å². The Bertz CT molecular complexity index is 424. The summed E-state index contributed by atoms with van der Waals surface area (Å²) in [5.74, 6) is 0.715. The number of unbranched alkanes of at least 4 members (excludes halogenated alkanes) is 5. The Hall–Kier alpha value is 0.137. The molecule has 0 aromatic heterocycles. The van der Waals surface area contributed by atoms with Gasteiger partial charge in [0, 0.05) is 11.6 Å². The summed E-state index contributed by atoms with van der Waals surface area (Å²) in [6.45, 7) is 11.6. The molecule has 2 rings (SSSR count). The Balaban J connectivity index is 2.13. The van der Waals surface area contributed by atoms with Crippen LogP contribution in [0.15, 0.2) is 0 Å². The quantitative estimate of drug-likeness (QED) is 0.217. The maximum absolute atomic E-state index is 7.36. The van der Waals surface area contributed by atoms with E-state index in [1.807, 2.05) is 0 Å². The molecular weight excluding hydrogens is 372 g/mol. The van der Waals surface area contributed by atoms with Gasteiger partial charge in [0.05, 0.1) is 5.60 Å². The third kappa shape index (κ3) is 8.30. The van der Waals surface area contributed by atoms with E-state index < -0.39 is 8.56 Å².